The third-order valence-corrected chi connectivity index (χ3v) is 5.35. The molecule has 0 unspecified atom stereocenters. The lowest BCUT2D eigenvalue weighted by atomic mass is 10.1. The average Bonchev–Trinajstić information content (AvgIpc) is 3.14. The van der Waals surface area contributed by atoms with Gasteiger partial charge in [0, 0.05) is 50.2 Å². The number of rotatable bonds is 4. The van der Waals surface area contributed by atoms with Crippen LogP contribution < -0.4 is 4.90 Å². The first-order valence-corrected chi connectivity index (χ1v) is 9.33. The zero-order chi connectivity index (χ0) is 17.9. The van der Waals surface area contributed by atoms with Crippen LogP contribution in [0.3, 0.4) is 0 Å². The second kappa shape index (κ2) is 7.34. The van der Waals surface area contributed by atoms with E-state index in [-0.39, 0.29) is 0 Å². The van der Waals surface area contributed by atoms with E-state index in [1.807, 2.05) is 29.1 Å². The van der Waals surface area contributed by atoms with Crippen molar-refractivity contribution in [3.63, 3.8) is 0 Å². The van der Waals surface area contributed by atoms with Crippen LogP contribution in [0, 0.1) is 13.8 Å². The van der Waals surface area contributed by atoms with Crippen LogP contribution >= 0.6 is 0 Å². The SMILES string of the molecule is Cc1cccc(N2CCN(Cc3cnn(-c4ccccc4)c3)CC2)c1C. The lowest BCUT2D eigenvalue weighted by molar-refractivity contribution is 0.250. The number of nitrogens with zero attached hydrogens (tertiary/aromatic N) is 4. The zero-order valence-electron chi connectivity index (χ0n) is 15.6. The standard InChI is InChI=1S/C22H26N4/c1-18-7-6-10-22(19(18)2)25-13-11-24(12-14-25)16-20-15-23-26(17-20)21-8-4-3-5-9-21/h3-10,15,17H,11-14,16H2,1-2H3. The molecular formula is C22H26N4. The Morgan fingerprint density at radius 3 is 2.42 bits per heavy atom. The van der Waals surface area contributed by atoms with Gasteiger partial charge < -0.3 is 4.90 Å². The molecule has 4 nitrogen and oxygen atoms in total. The molecule has 0 amide bonds. The summed E-state index contributed by atoms with van der Waals surface area (Å²) >= 11 is 0. The van der Waals surface area contributed by atoms with Crippen molar-refractivity contribution in [2.45, 2.75) is 20.4 Å². The van der Waals surface area contributed by atoms with Gasteiger partial charge in [-0.2, -0.15) is 5.10 Å². The Kier molecular flexibility index (Phi) is 4.76. The van der Waals surface area contributed by atoms with Gasteiger partial charge in [0.2, 0.25) is 0 Å². The first-order valence-electron chi connectivity index (χ1n) is 9.33. The number of aryl methyl sites for hydroxylation is 1. The number of benzene rings is 2. The minimum atomic E-state index is 0.966. The summed E-state index contributed by atoms with van der Waals surface area (Å²) in [4.78, 5) is 5.04. The summed E-state index contributed by atoms with van der Waals surface area (Å²) < 4.78 is 1.96. The molecule has 1 aliphatic heterocycles. The molecule has 0 aliphatic carbocycles. The van der Waals surface area contributed by atoms with Gasteiger partial charge >= 0.3 is 0 Å². The van der Waals surface area contributed by atoms with E-state index in [4.69, 9.17) is 0 Å². The third kappa shape index (κ3) is 3.51. The zero-order valence-corrected chi connectivity index (χ0v) is 15.6. The van der Waals surface area contributed by atoms with Gasteiger partial charge in [-0.25, -0.2) is 4.68 Å². The van der Waals surface area contributed by atoms with Crippen LogP contribution in [0.15, 0.2) is 60.9 Å². The van der Waals surface area contributed by atoms with E-state index in [0.717, 1.165) is 38.4 Å². The summed E-state index contributed by atoms with van der Waals surface area (Å²) in [5.74, 6) is 0. The Bertz CT molecular complexity index is 861. The highest BCUT2D eigenvalue weighted by molar-refractivity contribution is 5.56. The summed E-state index contributed by atoms with van der Waals surface area (Å²) in [6.07, 6.45) is 4.14. The fourth-order valence-corrected chi connectivity index (χ4v) is 3.65. The summed E-state index contributed by atoms with van der Waals surface area (Å²) in [7, 11) is 0. The number of piperazine rings is 1. The monoisotopic (exact) mass is 346 g/mol. The fraction of sp³-hybridized carbons (Fsp3) is 0.318. The molecule has 1 aliphatic rings. The van der Waals surface area contributed by atoms with E-state index in [9.17, 15) is 0 Å². The van der Waals surface area contributed by atoms with Crippen LogP contribution in [0.1, 0.15) is 16.7 Å². The van der Waals surface area contributed by atoms with Crippen molar-refractivity contribution in [2.75, 3.05) is 31.1 Å². The first-order chi connectivity index (χ1) is 12.7. The Balaban J connectivity index is 1.37. The minimum absolute atomic E-state index is 0.966. The largest absolute Gasteiger partial charge is 0.369 e. The molecule has 0 saturated carbocycles. The van der Waals surface area contributed by atoms with Crippen molar-refractivity contribution < 1.29 is 0 Å². The van der Waals surface area contributed by atoms with Crippen molar-refractivity contribution in [1.82, 2.24) is 14.7 Å². The molecule has 4 rings (SSSR count). The van der Waals surface area contributed by atoms with Gasteiger partial charge in [-0.1, -0.05) is 30.3 Å². The molecule has 3 aromatic rings. The summed E-state index contributed by atoms with van der Waals surface area (Å²) in [5.41, 5.74) is 6.55. The maximum absolute atomic E-state index is 4.52. The molecule has 1 fully saturated rings. The first kappa shape index (κ1) is 16.9. The maximum Gasteiger partial charge on any atom is 0.0645 e. The van der Waals surface area contributed by atoms with Crippen molar-refractivity contribution in [1.29, 1.82) is 0 Å². The van der Waals surface area contributed by atoms with Crippen LogP contribution in [-0.4, -0.2) is 40.9 Å². The highest BCUT2D eigenvalue weighted by atomic mass is 15.3. The number of para-hydroxylation sites is 1. The van der Waals surface area contributed by atoms with Crippen molar-refractivity contribution in [2.24, 2.45) is 0 Å². The second-order valence-corrected chi connectivity index (χ2v) is 7.11. The minimum Gasteiger partial charge on any atom is -0.369 e. The summed E-state index contributed by atoms with van der Waals surface area (Å²) in [5, 5.41) is 4.52. The predicted molar refractivity (Wildman–Crippen MR) is 107 cm³/mol. The van der Waals surface area contributed by atoms with E-state index >= 15 is 0 Å². The maximum atomic E-state index is 4.52. The molecule has 2 aromatic carbocycles. The van der Waals surface area contributed by atoms with Crippen molar-refractivity contribution in [3.8, 4) is 5.69 Å². The van der Waals surface area contributed by atoms with E-state index in [0.29, 0.717) is 0 Å². The molecule has 2 heterocycles. The highest BCUT2D eigenvalue weighted by Crippen LogP contribution is 2.24. The second-order valence-electron chi connectivity index (χ2n) is 7.11. The molecule has 26 heavy (non-hydrogen) atoms. The van der Waals surface area contributed by atoms with Gasteiger partial charge in [0.05, 0.1) is 11.9 Å². The fourth-order valence-electron chi connectivity index (χ4n) is 3.65. The van der Waals surface area contributed by atoms with Gasteiger partial charge in [-0.3, -0.25) is 4.90 Å². The topological polar surface area (TPSA) is 24.3 Å². The van der Waals surface area contributed by atoms with Crippen LogP contribution in [-0.2, 0) is 6.54 Å². The lowest BCUT2D eigenvalue weighted by Crippen LogP contribution is -2.46. The average molecular weight is 346 g/mol. The molecule has 134 valence electrons. The Morgan fingerprint density at radius 2 is 1.65 bits per heavy atom. The van der Waals surface area contributed by atoms with Gasteiger partial charge in [-0.05, 0) is 43.2 Å². The van der Waals surface area contributed by atoms with Gasteiger partial charge in [0.1, 0.15) is 0 Å². The molecule has 0 N–H and O–H groups in total. The van der Waals surface area contributed by atoms with Crippen molar-refractivity contribution >= 4 is 5.69 Å². The van der Waals surface area contributed by atoms with E-state index in [1.54, 1.807) is 0 Å². The number of aromatic nitrogens is 2. The molecule has 1 aromatic heterocycles. The molecule has 1 saturated heterocycles. The van der Waals surface area contributed by atoms with E-state index in [2.05, 4.69) is 65.3 Å². The van der Waals surface area contributed by atoms with Gasteiger partial charge in [0.15, 0.2) is 0 Å². The van der Waals surface area contributed by atoms with Crippen LogP contribution in [0.5, 0.6) is 0 Å². The predicted octanol–water partition coefficient (Wildman–Crippen LogP) is 3.81. The van der Waals surface area contributed by atoms with Crippen molar-refractivity contribution in [3.05, 3.63) is 77.6 Å². The number of hydrogen-bond acceptors (Lipinski definition) is 3. The molecule has 0 radical (unpaired) electrons. The molecule has 0 atom stereocenters. The highest BCUT2D eigenvalue weighted by Gasteiger charge is 2.19. The van der Waals surface area contributed by atoms with Gasteiger partial charge in [0.25, 0.3) is 0 Å². The van der Waals surface area contributed by atoms with Crippen LogP contribution in [0.4, 0.5) is 5.69 Å². The Hall–Kier alpha value is -2.59. The van der Waals surface area contributed by atoms with E-state index in [1.165, 1.54) is 22.4 Å². The summed E-state index contributed by atoms with van der Waals surface area (Å²) in [6.45, 7) is 9.73. The van der Waals surface area contributed by atoms with Crippen LogP contribution in [0.25, 0.3) is 5.69 Å². The number of hydrogen-bond donors (Lipinski definition) is 0. The van der Waals surface area contributed by atoms with Crippen LogP contribution in [0.2, 0.25) is 0 Å². The Morgan fingerprint density at radius 1 is 0.885 bits per heavy atom. The molecule has 4 heteroatoms. The molecular weight excluding hydrogens is 320 g/mol. The summed E-state index contributed by atoms with van der Waals surface area (Å²) in [6, 6.07) is 16.9. The molecule has 0 bridgehead atoms. The normalized spacial score (nSPS) is 15.4. The third-order valence-electron chi connectivity index (χ3n) is 5.35. The molecule has 0 spiro atoms. The van der Waals surface area contributed by atoms with E-state index < -0.39 is 0 Å². The lowest BCUT2D eigenvalue weighted by Gasteiger charge is -2.36. The Labute approximate surface area is 155 Å². The smallest absolute Gasteiger partial charge is 0.0645 e. The van der Waals surface area contributed by atoms with Gasteiger partial charge in [-0.15, -0.1) is 0 Å². The quantitative estimate of drug-likeness (QED) is 0.718. The number of anilines is 1.